The molecule has 17 heavy (non-hydrogen) atoms. The summed E-state index contributed by atoms with van der Waals surface area (Å²) in [6.07, 6.45) is 5.72. The average Bonchev–Trinajstić information content (AvgIpc) is 3.16. The number of hydrogen-bond donors (Lipinski definition) is 1. The topological polar surface area (TPSA) is 15.3 Å². The molecule has 2 fully saturated rings. The number of benzene rings is 1. The summed E-state index contributed by atoms with van der Waals surface area (Å²) < 4.78 is 0. The van der Waals surface area contributed by atoms with E-state index in [1.807, 2.05) is 0 Å². The van der Waals surface area contributed by atoms with Crippen LogP contribution in [0, 0.1) is 11.8 Å². The van der Waals surface area contributed by atoms with Crippen LogP contribution in [0.1, 0.15) is 25.7 Å². The zero-order valence-corrected chi connectivity index (χ0v) is 10.8. The van der Waals surface area contributed by atoms with E-state index < -0.39 is 0 Å². The maximum absolute atomic E-state index is 3.81. The average molecular weight is 230 g/mol. The molecule has 0 saturated heterocycles. The number of hydrogen-bond acceptors (Lipinski definition) is 2. The second kappa shape index (κ2) is 4.25. The van der Waals surface area contributed by atoms with E-state index in [1.54, 1.807) is 0 Å². The molecule has 2 heteroatoms. The Bertz CT molecular complexity index is 380. The van der Waals surface area contributed by atoms with Crippen molar-refractivity contribution in [3.63, 3.8) is 0 Å². The smallest absolute Gasteiger partial charge is 0.0596 e. The highest BCUT2D eigenvalue weighted by Crippen LogP contribution is 2.46. The molecule has 0 bridgehead atoms. The Morgan fingerprint density at radius 3 is 2.18 bits per heavy atom. The first-order chi connectivity index (χ1) is 8.25. The fraction of sp³-hybridized carbons (Fsp3) is 0.600. The van der Waals surface area contributed by atoms with Gasteiger partial charge in [0.15, 0.2) is 0 Å². The van der Waals surface area contributed by atoms with Crippen molar-refractivity contribution in [2.24, 2.45) is 11.8 Å². The van der Waals surface area contributed by atoms with E-state index in [2.05, 4.69) is 48.6 Å². The number of rotatable bonds is 5. The summed E-state index contributed by atoms with van der Waals surface area (Å²) in [7, 11) is 4.23. The van der Waals surface area contributed by atoms with Crippen molar-refractivity contribution >= 4 is 11.4 Å². The first-order valence-electron chi connectivity index (χ1n) is 6.78. The van der Waals surface area contributed by atoms with E-state index in [9.17, 15) is 0 Å². The van der Waals surface area contributed by atoms with Crippen LogP contribution in [0.4, 0.5) is 11.4 Å². The summed E-state index contributed by atoms with van der Waals surface area (Å²) in [5.74, 6) is 1.88. The third-order valence-corrected chi connectivity index (χ3v) is 3.97. The molecule has 2 nitrogen and oxygen atoms in total. The Labute approximate surface area is 104 Å². The van der Waals surface area contributed by atoms with Gasteiger partial charge in [-0.25, -0.2) is 0 Å². The fourth-order valence-corrected chi connectivity index (χ4v) is 2.70. The summed E-state index contributed by atoms with van der Waals surface area (Å²) in [5, 5.41) is 3.81. The molecule has 0 unspecified atom stereocenters. The minimum absolute atomic E-state index is 0.732. The summed E-state index contributed by atoms with van der Waals surface area (Å²) in [4.78, 5) is 2.19. The largest absolute Gasteiger partial charge is 0.380 e. The third kappa shape index (κ3) is 2.41. The van der Waals surface area contributed by atoms with Crippen LogP contribution in [-0.4, -0.2) is 20.1 Å². The van der Waals surface area contributed by atoms with Gasteiger partial charge in [0.05, 0.1) is 11.4 Å². The van der Waals surface area contributed by atoms with Crippen molar-refractivity contribution in [1.82, 2.24) is 0 Å². The van der Waals surface area contributed by atoms with Crippen molar-refractivity contribution in [3.8, 4) is 0 Å². The highest BCUT2D eigenvalue weighted by molar-refractivity contribution is 5.69. The lowest BCUT2D eigenvalue weighted by Crippen LogP contribution is -2.25. The predicted molar refractivity (Wildman–Crippen MR) is 73.6 cm³/mol. The lowest BCUT2D eigenvalue weighted by atomic mass is 10.1. The number of nitrogens with one attached hydrogen (secondary N) is 1. The van der Waals surface area contributed by atoms with Crippen molar-refractivity contribution in [2.45, 2.75) is 31.7 Å². The monoisotopic (exact) mass is 230 g/mol. The maximum atomic E-state index is 3.81. The molecule has 0 atom stereocenters. The van der Waals surface area contributed by atoms with Crippen LogP contribution in [-0.2, 0) is 0 Å². The molecule has 2 aliphatic carbocycles. The van der Waals surface area contributed by atoms with E-state index in [0.717, 1.165) is 17.9 Å². The second-order valence-electron chi connectivity index (χ2n) is 5.76. The first-order valence-corrected chi connectivity index (χ1v) is 6.78. The zero-order valence-electron chi connectivity index (χ0n) is 10.8. The van der Waals surface area contributed by atoms with Crippen LogP contribution in [0.25, 0.3) is 0 Å². The van der Waals surface area contributed by atoms with Gasteiger partial charge in [0.2, 0.25) is 0 Å². The fourth-order valence-electron chi connectivity index (χ4n) is 2.70. The van der Waals surface area contributed by atoms with E-state index in [0.29, 0.717) is 0 Å². The lowest BCUT2D eigenvalue weighted by molar-refractivity contribution is 0.568. The standard InChI is InChI=1S/C15H22N2/c1-17(2)14-6-4-3-5-13(14)16-15(11-7-8-11)12-9-10-12/h3-6,11-12,15-16H,7-10H2,1-2H3. The van der Waals surface area contributed by atoms with Gasteiger partial charge in [-0.1, -0.05) is 12.1 Å². The molecule has 0 aromatic heterocycles. The Morgan fingerprint density at radius 2 is 1.65 bits per heavy atom. The normalized spacial score (nSPS) is 19.5. The minimum atomic E-state index is 0.732. The Kier molecular flexibility index (Phi) is 2.73. The van der Waals surface area contributed by atoms with Crippen LogP contribution < -0.4 is 10.2 Å². The highest BCUT2D eigenvalue weighted by atomic mass is 15.1. The van der Waals surface area contributed by atoms with Crippen LogP contribution >= 0.6 is 0 Å². The zero-order chi connectivity index (χ0) is 11.8. The molecule has 92 valence electrons. The van der Waals surface area contributed by atoms with Crippen molar-refractivity contribution < 1.29 is 0 Å². The summed E-state index contributed by atoms with van der Waals surface area (Å²) in [6, 6.07) is 9.39. The number of para-hydroxylation sites is 2. The molecule has 0 radical (unpaired) electrons. The van der Waals surface area contributed by atoms with Crippen molar-refractivity contribution in [3.05, 3.63) is 24.3 Å². The van der Waals surface area contributed by atoms with Crippen LogP contribution in [0.2, 0.25) is 0 Å². The highest BCUT2D eigenvalue weighted by Gasteiger charge is 2.41. The van der Waals surface area contributed by atoms with E-state index in [-0.39, 0.29) is 0 Å². The molecular formula is C15H22N2. The molecule has 0 amide bonds. The van der Waals surface area contributed by atoms with E-state index >= 15 is 0 Å². The second-order valence-corrected chi connectivity index (χ2v) is 5.76. The van der Waals surface area contributed by atoms with Crippen LogP contribution in [0.5, 0.6) is 0 Å². The Morgan fingerprint density at radius 1 is 1.06 bits per heavy atom. The summed E-state index contributed by atoms with van der Waals surface area (Å²) in [5.41, 5.74) is 2.61. The van der Waals surface area contributed by atoms with Gasteiger partial charge >= 0.3 is 0 Å². The predicted octanol–water partition coefficient (Wildman–Crippen LogP) is 3.35. The molecule has 2 aliphatic rings. The molecule has 3 rings (SSSR count). The van der Waals surface area contributed by atoms with Gasteiger partial charge < -0.3 is 10.2 Å². The number of anilines is 2. The maximum Gasteiger partial charge on any atom is 0.0596 e. The Hall–Kier alpha value is -1.18. The van der Waals surface area contributed by atoms with E-state index in [4.69, 9.17) is 0 Å². The van der Waals surface area contributed by atoms with Gasteiger partial charge in [-0.3, -0.25) is 0 Å². The minimum Gasteiger partial charge on any atom is -0.380 e. The van der Waals surface area contributed by atoms with Crippen molar-refractivity contribution in [1.29, 1.82) is 0 Å². The Balaban J connectivity index is 1.78. The molecule has 0 aliphatic heterocycles. The van der Waals surface area contributed by atoms with Crippen LogP contribution in [0.15, 0.2) is 24.3 Å². The first kappa shape index (κ1) is 10.9. The SMILES string of the molecule is CN(C)c1ccccc1NC(C1CC1)C1CC1. The van der Waals surface area contributed by atoms with Crippen molar-refractivity contribution in [2.75, 3.05) is 24.3 Å². The molecule has 1 aromatic rings. The van der Waals surface area contributed by atoms with Crippen LogP contribution in [0.3, 0.4) is 0 Å². The molecule has 0 heterocycles. The molecule has 1 aromatic carbocycles. The van der Waals surface area contributed by atoms with Gasteiger partial charge in [-0.15, -0.1) is 0 Å². The molecule has 1 N–H and O–H groups in total. The van der Waals surface area contributed by atoms with Gasteiger partial charge in [-0.2, -0.15) is 0 Å². The molecule has 2 saturated carbocycles. The van der Waals surface area contributed by atoms with Gasteiger partial charge in [0, 0.05) is 20.1 Å². The van der Waals surface area contributed by atoms with Gasteiger partial charge in [0.1, 0.15) is 0 Å². The molecular weight excluding hydrogens is 208 g/mol. The lowest BCUT2D eigenvalue weighted by Gasteiger charge is -2.24. The summed E-state index contributed by atoms with van der Waals surface area (Å²) >= 11 is 0. The van der Waals surface area contributed by atoms with Gasteiger partial charge in [-0.05, 0) is 49.7 Å². The quantitative estimate of drug-likeness (QED) is 0.834. The van der Waals surface area contributed by atoms with Gasteiger partial charge in [0.25, 0.3) is 0 Å². The molecule has 0 spiro atoms. The van der Waals surface area contributed by atoms with E-state index in [1.165, 1.54) is 37.1 Å². The summed E-state index contributed by atoms with van der Waals surface area (Å²) in [6.45, 7) is 0. The third-order valence-electron chi connectivity index (χ3n) is 3.97. The number of nitrogens with zero attached hydrogens (tertiary/aromatic N) is 1.